The molecule has 2 aromatic rings. The van der Waals surface area contributed by atoms with Gasteiger partial charge in [-0.1, -0.05) is 24.9 Å². The number of thiophene rings is 1. The van der Waals surface area contributed by atoms with E-state index in [1.807, 2.05) is 6.92 Å². The second kappa shape index (κ2) is 10.3. The first-order chi connectivity index (χ1) is 13.4. The Kier molecular flexibility index (Phi) is 8.07. The number of methoxy groups -OCH3 is 1. The molecule has 7 nitrogen and oxygen atoms in total. The van der Waals surface area contributed by atoms with E-state index in [1.165, 1.54) is 13.2 Å². The van der Waals surface area contributed by atoms with Gasteiger partial charge in [0.15, 0.2) is 17.2 Å². The van der Waals surface area contributed by atoms with Gasteiger partial charge < -0.3 is 18.9 Å². The lowest BCUT2D eigenvalue weighted by atomic mass is 10.1. The highest BCUT2D eigenvalue weighted by Crippen LogP contribution is 2.41. The van der Waals surface area contributed by atoms with Gasteiger partial charge >= 0.3 is 17.9 Å². The molecule has 2 rings (SSSR count). The minimum absolute atomic E-state index is 0.157. The number of unbranched alkanes of at least 4 members (excludes halogenated alkanes) is 1. The van der Waals surface area contributed by atoms with Crippen LogP contribution in [0.4, 0.5) is 0 Å². The number of esters is 3. The highest BCUT2D eigenvalue weighted by atomic mass is 35.5. The third kappa shape index (κ3) is 5.14. The number of carbonyl (C=O) groups excluding carboxylic acids is 3. The van der Waals surface area contributed by atoms with E-state index in [0.717, 1.165) is 24.2 Å². The summed E-state index contributed by atoms with van der Waals surface area (Å²) in [4.78, 5) is 36.2. The van der Waals surface area contributed by atoms with Crippen LogP contribution < -0.4 is 4.74 Å². The Hall–Kier alpha value is -2.32. The van der Waals surface area contributed by atoms with Gasteiger partial charge in [-0.15, -0.1) is 11.3 Å². The van der Waals surface area contributed by atoms with Crippen molar-refractivity contribution < 1.29 is 33.3 Å². The van der Waals surface area contributed by atoms with Crippen LogP contribution in [0.5, 0.6) is 5.75 Å². The van der Waals surface area contributed by atoms with Crippen molar-refractivity contribution in [3.63, 3.8) is 0 Å². The molecule has 0 amide bonds. The van der Waals surface area contributed by atoms with Crippen molar-refractivity contribution in [3.05, 3.63) is 27.6 Å². The Labute approximate surface area is 171 Å². The fourth-order valence-electron chi connectivity index (χ4n) is 2.34. The zero-order valence-corrected chi connectivity index (χ0v) is 17.4. The van der Waals surface area contributed by atoms with Crippen molar-refractivity contribution in [2.45, 2.75) is 26.7 Å². The molecule has 0 aliphatic carbocycles. The molecule has 0 saturated carbocycles. The smallest absolute Gasteiger partial charge is 0.351 e. The Morgan fingerprint density at radius 1 is 1.11 bits per heavy atom. The molecule has 0 spiro atoms. The van der Waals surface area contributed by atoms with E-state index in [0.29, 0.717) is 16.7 Å². The summed E-state index contributed by atoms with van der Waals surface area (Å²) in [5.74, 6) is -1.57. The molecule has 0 aliphatic heterocycles. The van der Waals surface area contributed by atoms with Gasteiger partial charge in [-0.3, -0.25) is 0 Å². The van der Waals surface area contributed by atoms with Crippen molar-refractivity contribution in [1.82, 2.24) is 0 Å². The lowest BCUT2D eigenvalue weighted by molar-refractivity contribution is -0.145. The van der Waals surface area contributed by atoms with Gasteiger partial charge in [0.05, 0.1) is 30.9 Å². The van der Waals surface area contributed by atoms with E-state index in [2.05, 4.69) is 0 Å². The summed E-state index contributed by atoms with van der Waals surface area (Å²) in [5, 5.41) is 0.647. The van der Waals surface area contributed by atoms with Crippen molar-refractivity contribution in [3.8, 4) is 5.75 Å². The number of carbonyl (C=O) groups is 3. The highest BCUT2D eigenvalue weighted by molar-refractivity contribution is 7.21. The van der Waals surface area contributed by atoms with Gasteiger partial charge in [-0.25, -0.2) is 14.4 Å². The molecular weight excluding hydrogens is 408 g/mol. The molecule has 0 fully saturated rings. The summed E-state index contributed by atoms with van der Waals surface area (Å²) in [6.45, 7) is 3.81. The molecule has 0 N–H and O–H groups in total. The summed E-state index contributed by atoms with van der Waals surface area (Å²) in [6.07, 6.45) is 1.65. The Bertz CT molecular complexity index is 875. The third-order valence-corrected chi connectivity index (χ3v) is 5.12. The van der Waals surface area contributed by atoms with Crippen LogP contribution >= 0.6 is 22.9 Å². The summed E-state index contributed by atoms with van der Waals surface area (Å²) in [6, 6.07) is 3.05. The molecule has 0 saturated heterocycles. The summed E-state index contributed by atoms with van der Waals surface area (Å²) >= 11 is 7.33. The second-order valence-corrected chi connectivity index (χ2v) is 7.12. The molecule has 152 valence electrons. The van der Waals surface area contributed by atoms with E-state index in [4.69, 9.17) is 30.5 Å². The molecule has 0 bridgehead atoms. The first-order valence-electron chi connectivity index (χ1n) is 8.72. The molecule has 1 aromatic carbocycles. The van der Waals surface area contributed by atoms with Crippen molar-refractivity contribution >= 4 is 50.9 Å². The summed E-state index contributed by atoms with van der Waals surface area (Å²) in [7, 11) is 1.24. The lowest BCUT2D eigenvalue weighted by Crippen LogP contribution is -2.15. The van der Waals surface area contributed by atoms with Crippen LogP contribution in [-0.4, -0.2) is 44.8 Å². The predicted octanol–water partition coefficient (Wildman–Crippen LogP) is 4.24. The van der Waals surface area contributed by atoms with Crippen molar-refractivity contribution in [1.29, 1.82) is 0 Å². The molecule has 0 aliphatic rings. The van der Waals surface area contributed by atoms with Crippen LogP contribution in [0.15, 0.2) is 12.1 Å². The number of ether oxygens (including phenoxy) is 4. The number of hydrogen-bond donors (Lipinski definition) is 0. The van der Waals surface area contributed by atoms with Crippen LogP contribution in [-0.2, 0) is 19.0 Å². The number of rotatable bonds is 9. The average molecular weight is 429 g/mol. The summed E-state index contributed by atoms with van der Waals surface area (Å²) in [5.41, 5.74) is 0.194. The Morgan fingerprint density at radius 3 is 2.50 bits per heavy atom. The lowest BCUT2D eigenvalue weighted by Gasteiger charge is -2.08. The molecule has 28 heavy (non-hydrogen) atoms. The average Bonchev–Trinajstić information content (AvgIpc) is 3.02. The number of halogens is 1. The number of fused-ring (bicyclic) bond motifs is 1. The van der Waals surface area contributed by atoms with Gasteiger partial charge in [0.2, 0.25) is 0 Å². The second-order valence-electron chi connectivity index (χ2n) is 5.66. The van der Waals surface area contributed by atoms with E-state index in [1.54, 1.807) is 13.0 Å². The number of benzene rings is 1. The van der Waals surface area contributed by atoms with E-state index in [9.17, 15) is 14.4 Å². The van der Waals surface area contributed by atoms with Gasteiger partial charge in [-0.2, -0.15) is 0 Å². The molecule has 0 atom stereocenters. The largest absolute Gasteiger partial charge is 0.479 e. The Morgan fingerprint density at radius 2 is 1.86 bits per heavy atom. The zero-order chi connectivity index (χ0) is 20.7. The maximum Gasteiger partial charge on any atom is 0.351 e. The monoisotopic (exact) mass is 428 g/mol. The first kappa shape index (κ1) is 22.0. The molecular formula is C19H21ClO7S. The standard InChI is InChI=1S/C19H21ClO7S/c1-4-6-7-26-18(22)11-9-14-12(8-13(11)20)16(17(28-14)19(23)24-3)27-10-15(21)25-5-2/h8-9H,4-7,10H2,1-3H3. The van der Waals surface area contributed by atoms with Crippen LogP contribution in [0.3, 0.4) is 0 Å². The quantitative estimate of drug-likeness (QED) is 0.335. The van der Waals surface area contributed by atoms with Gasteiger partial charge in [-0.05, 0) is 25.5 Å². The topological polar surface area (TPSA) is 88.1 Å². The first-order valence-corrected chi connectivity index (χ1v) is 9.92. The maximum atomic E-state index is 12.3. The molecule has 1 aromatic heterocycles. The fourth-order valence-corrected chi connectivity index (χ4v) is 3.67. The van der Waals surface area contributed by atoms with Crippen molar-refractivity contribution in [2.24, 2.45) is 0 Å². The van der Waals surface area contributed by atoms with E-state index >= 15 is 0 Å². The molecule has 0 radical (unpaired) electrons. The van der Waals surface area contributed by atoms with Gasteiger partial charge in [0.25, 0.3) is 0 Å². The fraction of sp³-hybridized carbons (Fsp3) is 0.421. The predicted molar refractivity (Wildman–Crippen MR) is 105 cm³/mol. The van der Waals surface area contributed by atoms with Gasteiger partial charge in [0.1, 0.15) is 0 Å². The Balaban J connectivity index is 2.41. The molecule has 9 heteroatoms. The molecule has 1 heterocycles. The molecule has 0 unspecified atom stereocenters. The third-order valence-electron chi connectivity index (χ3n) is 3.69. The van der Waals surface area contributed by atoms with E-state index < -0.39 is 17.9 Å². The van der Waals surface area contributed by atoms with Crippen LogP contribution in [0.1, 0.15) is 46.7 Å². The number of hydrogen-bond acceptors (Lipinski definition) is 8. The zero-order valence-electron chi connectivity index (χ0n) is 15.8. The van der Waals surface area contributed by atoms with Gasteiger partial charge in [0, 0.05) is 10.1 Å². The van der Waals surface area contributed by atoms with Crippen LogP contribution in [0.2, 0.25) is 5.02 Å². The summed E-state index contributed by atoms with van der Waals surface area (Å²) < 4.78 is 20.9. The maximum absolute atomic E-state index is 12.3. The minimum atomic E-state index is -0.622. The van der Waals surface area contributed by atoms with Crippen LogP contribution in [0, 0.1) is 0 Å². The SMILES string of the molecule is CCCCOC(=O)c1cc2sc(C(=O)OC)c(OCC(=O)OCC)c2cc1Cl. The van der Waals surface area contributed by atoms with Crippen LogP contribution in [0.25, 0.3) is 10.1 Å². The normalized spacial score (nSPS) is 10.6. The highest BCUT2D eigenvalue weighted by Gasteiger charge is 2.24. The minimum Gasteiger partial charge on any atom is -0.479 e. The van der Waals surface area contributed by atoms with Crippen molar-refractivity contribution in [2.75, 3.05) is 26.9 Å². The van der Waals surface area contributed by atoms with E-state index in [-0.39, 0.29) is 34.4 Å².